The Morgan fingerprint density at radius 2 is 1.55 bits per heavy atom. The van der Waals surface area contributed by atoms with E-state index in [-0.39, 0.29) is 23.7 Å². The fourth-order valence-electron chi connectivity index (χ4n) is 4.47. The van der Waals surface area contributed by atoms with Crippen molar-refractivity contribution >= 4 is 21.8 Å². The number of hydrogen-bond donors (Lipinski definition) is 1. The predicted molar refractivity (Wildman–Crippen MR) is 107 cm³/mol. The molecule has 4 rings (SSSR count). The van der Waals surface area contributed by atoms with E-state index in [1.54, 1.807) is 12.1 Å². The van der Waals surface area contributed by atoms with Gasteiger partial charge in [-0.2, -0.15) is 4.31 Å². The standard InChI is InChI=1S/C21H27N3O4S/c1-15-7-8-17(13-16(15)2)29(27,28)23-11-9-22(10-12-23)14-24-20(25)18-5-3-4-6-19(18)21(24)26/h3-4,7-8,13,18-19H,5-6,9-12,14H2,1-2H3/p+1/t18-,19+. The Bertz CT molecular complexity index is 938. The molecule has 1 aliphatic carbocycles. The summed E-state index contributed by atoms with van der Waals surface area (Å²) >= 11 is 0. The van der Waals surface area contributed by atoms with E-state index in [1.807, 2.05) is 32.1 Å². The lowest BCUT2D eigenvalue weighted by molar-refractivity contribution is -0.910. The van der Waals surface area contributed by atoms with E-state index in [9.17, 15) is 18.0 Å². The van der Waals surface area contributed by atoms with Gasteiger partial charge in [-0.1, -0.05) is 18.2 Å². The molecule has 1 N–H and O–H groups in total. The first-order valence-electron chi connectivity index (χ1n) is 10.2. The van der Waals surface area contributed by atoms with Gasteiger partial charge in [-0.15, -0.1) is 0 Å². The molecule has 29 heavy (non-hydrogen) atoms. The van der Waals surface area contributed by atoms with Crippen molar-refractivity contribution in [2.24, 2.45) is 11.8 Å². The molecule has 3 aliphatic rings. The molecule has 2 aliphatic heterocycles. The number of benzene rings is 1. The summed E-state index contributed by atoms with van der Waals surface area (Å²) in [5.41, 5.74) is 2.02. The molecule has 0 radical (unpaired) electrons. The molecule has 1 aromatic rings. The van der Waals surface area contributed by atoms with Gasteiger partial charge in [0.2, 0.25) is 21.8 Å². The Kier molecular flexibility index (Phi) is 5.35. The first-order chi connectivity index (χ1) is 13.8. The van der Waals surface area contributed by atoms with Crippen molar-refractivity contribution in [1.82, 2.24) is 9.21 Å². The number of likely N-dealkylation sites (tertiary alicyclic amines) is 1. The minimum Gasteiger partial charge on any atom is -0.315 e. The zero-order chi connectivity index (χ0) is 20.8. The number of allylic oxidation sites excluding steroid dienone is 2. The van der Waals surface area contributed by atoms with Crippen molar-refractivity contribution in [1.29, 1.82) is 0 Å². The number of carbonyl (C=O) groups is 2. The van der Waals surface area contributed by atoms with Gasteiger partial charge in [-0.05, 0) is 49.9 Å². The molecule has 1 aromatic carbocycles. The lowest BCUT2D eigenvalue weighted by Gasteiger charge is -2.33. The van der Waals surface area contributed by atoms with E-state index in [1.165, 1.54) is 9.21 Å². The Labute approximate surface area is 172 Å². The van der Waals surface area contributed by atoms with Crippen molar-refractivity contribution in [3.05, 3.63) is 41.5 Å². The van der Waals surface area contributed by atoms with Crippen LogP contribution in [-0.4, -0.2) is 62.3 Å². The molecule has 2 saturated heterocycles. The number of hydrogen-bond acceptors (Lipinski definition) is 4. The minimum atomic E-state index is -3.53. The molecule has 2 heterocycles. The number of fused-ring (bicyclic) bond motifs is 1. The van der Waals surface area contributed by atoms with Crippen LogP contribution in [0.3, 0.4) is 0 Å². The highest BCUT2D eigenvalue weighted by atomic mass is 32.2. The molecule has 0 saturated carbocycles. The number of piperazine rings is 1. The van der Waals surface area contributed by atoms with Crippen LogP contribution < -0.4 is 4.90 Å². The van der Waals surface area contributed by atoms with Crippen LogP contribution >= 0.6 is 0 Å². The van der Waals surface area contributed by atoms with E-state index in [0.717, 1.165) is 16.0 Å². The summed E-state index contributed by atoms with van der Waals surface area (Å²) in [5.74, 6) is -0.555. The minimum absolute atomic E-state index is 0.0676. The van der Waals surface area contributed by atoms with Crippen LogP contribution in [0.4, 0.5) is 0 Å². The van der Waals surface area contributed by atoms with Crippen LogP contribution in [0.2, 0.25) is 0 Å². The van der Waals surface area contributed by atoms with Crippen LogP contribution in [0.5, 0.6) is 0 Å². The molecule has 2 fully saturated rings. The van der Waals surface area contributed by atoms with E-state index in [4.69, 9.17) is 0 Å². The lowest BCUT2D eigenvalue weighted by atomic mass is 9.85. The van der Waals surface area contributed by atoms with Gasteiger partial charge in [0.05, 0.1) is 42.9 Å². The number of amides is 2. The second-order valence-corrected chi connectivity index (χ2v) is 10.3. The zero-order valence-electron chi connectivity index (χ0n) is 16.9. The average molecular weight is 419 g/mol. The van der Waals surface area contributed by atoms with Gasteiger partial charge in [-0.25, -0.2) is 13.3 Å². The van der Waals surface area contributed by atoms with Gasteiger partial charge in [0, 0.05) is 0 Å². The summed E-state index contributed by atoms with van der Waals surface area (Å²) in [5, 5.41) is 0. The van der Waals surface area contributed by atoms with Crippen LogP contribution in [0, 0.1) is 25.7 Å². The van der Waals surface area contributed by atoms with Crippen molar-refractivity contribution in [3.63, 3.8) is 0 Å². The molecule has 0 unspecified atom stereocenters. The van der Waals surface area contributed by atoms with Gasteiger partial charge in [0.1, 0.15) is 0 Å². The monoisotopic (exact) mass is 418 g/mol. The lowest BCUT2D eigenvalue weighted by Crippen LogP contribution is -3.16. The van der Waals surface area contributed by atoms with Crippen molar-refractivity contribution in [2.45, 2.75) is 31.6 Å². The molecule has 8 heteroatoms. The van der Waals surface area contributed by atoms with Crippen LogP contribution in [-0.2, 0) is 19.6 Å². The fourth-order valence-corrected chi connectivity index (χ4v) is 6.00. The van der Waals surface area contributed by atoms with Crippen molar-refractivity contribution in [2.75, 3.05) is 32.8 Å². The summed E-state index contributed by atoms with van der Waals surface area (Å²) in [7, 11) is -3.53. The molecule has 156 valence electrons. The van der Waals surface area contributed by atoms with Gasteiger partial charge >= 0.3 is 0 Å². The maximum Gasteiger partial charge on any atom is 0.243 e. The quantitative estimate of drug-likeness (QED) is 0.556. The third kappa shape index (κ3) is 3.65. The second kappa shape index (κ2) is 7.66. The van der Waals surface area contributed by atoms with Crippen LogP contribution in [0.25, 0.3) is 0 Å². The first-order valence-corrected chi connectivity index (χ1v) is 11.6. The number of nitrogens with zero attached hydrogens (tertiary/aromatic N) is 2. The maximum absolute atomic E-state index is 13.0. The van der Waals surface area contributed by atoms with E-state index < -0.39 is 10.0 Å². The number of quaternary nitrogens is 1. The number of imide groups is 1. The summed E-state index contributed by atoms with van der Waals surface area (Å²) < 4.78 is 27.4. The third-order valence-corrected chi connectivity index (χ3v) is 8.42. The highest BCUT2D eigenvalue weighted by molar-refractivity contribution is 7.89. The predicted octanol–water partition coefficient (Wildman–Crippen LogP) is 0.101. The highest BCUT2D eigenvalue weighted by Crippen LogP contribution is 2.34. The van der Waals surface area contributed by atoms with E-state index >= 15 is 0 Å². The topological polar surface area (TPSA) is 79.2 Å². The normalized spacial score (nSPS) is 26.2. The molecular weight excluding hydrogens is 390 g/mol. The number of sulfonamides is 1. The molecule has 7 nitrogen and oxygen atoms in total. The van der Waals surface area contributed by atoms with Crippen LogP contribution in [0.1, 0.15) is 24.0 Å². The highest BCUT2D eigenvalue weighted by Gasteiger charge is 2.48. The third-order valence-electron chi connectivity index (χ3n) is 6.53. The van der Waals surface area contributed by atoms with Gasteiger partial charge in [0.15, 0.2) is 6.67 Å². The van der Waals surface area contributed by atoms with Gasteiger partial charge in [-0.3, -0.25) is 9.59 Å². The van der Waals surface area contributed by atoms with Crippen molar-refractivity contribution in [3.8, 4) is 0 Å². The molecule has 2 atom stereocenters. The number of nitrogens with one attached hydrogen (secondary N) is 1. The largest absolute Gasteiger partial charge is 0.315 e. The number of aryl methyl sites for hydroxylation is 2. The fraction of sp³-hybridized carbons (Fsp3) is 0.524. The summed E-state index contributed by atoms with van der Waals surface area (Å²) in [6.45, 7) is 6.13. The Balaban J connectivity index is 1.39. The summed E-state index contributed by atoms with van der Waals surface area (Å²) in [6.07, 6.45) is 5.25. The second-order valence-electron chi connectivity index (χ2n) is 8.32. The molecule has 0 bridgehead atoms. The Morgan fingerprint density at radius 1 is 0.966 bits per heavy atom. The van der Waals surface area contributed by atoms with Gasteiger partial charge < -0.3 is 4.90 Å². The number of rotatable bonds is 4. The first kappa shape index (κ1) is 20.3. The smallest absolute Gasteiger partial charge is 0.243 e. The Morgan fingerprint density at radius 3 is 2.10 bits per heavy atom. The molecule has 0 spiro atoms. The van der Waals surface area contributed by atoms with Gasteiger partial charge in [0.25, 0.3) is 0 Å². The SMILES string of the molecule is Cc1ccc(S(=O)(=O)N2CC[NH+](CN3C(=O)[C@H]4CC=CC[C@H]4C3=O)CC2)cc1C. The van der Waals surface area contributed by atoms with Crippen LogP contribution in [0.15, 0.2) is 35.2 Å². The van der Waals surface area contributed by atoms with E-state index in [2.05, 4.69) is 0 Å². The Hall–Kier alpha value is -2.03. The molecule has 0 aromatic heterocycles. The maximum atomic E-state index is 13.0. The van der Waals surface area contributed by atoms with E-state index in [0.29, 0.717) is 50.6 Å². The summed E-state index contributed by atoms with van der Waals surface area (Å²) in [6, 6.07) is 5.22. The molecular formula is C21H28N3O4S+. The number of carbonyl (C=O) groups excluding carboxylic acids is 2. The summed E-state index contributed by atoms with van der Waals surface area (Å²) in [4.78, 5) is 28.1. The average Bonchev–Trinajstić information content (AvgIpc) is 2.95. The zero-order valence-corrected chi connectivity index (χ0v) is 17.7. The van der Waals surface area contributed by atoms with Crippen molar-refractivity contribution < 1.29 is 22.9 Å². The molecule has 2 amide bonds.